The van der Waals surface area contributed by atoms with Gasteiger partial charge in [0.2, 0.25) is 11.8 Å². The predicted octanol–water partition coefficient (Wildman–Crippen LogP) is 2.06. The molecule has 0 aliphatic rings. The molecule has 8 heteroatoms. The normalized spacial score (nSPS) is 11.3. The molecular formula is C25H47N5O3. The van der Waals surface area contributed by atoms with E-state index in [0.717, 1.165) is 70.4 Å². The van der Waals surface area contributed by atoms with Crippen LogP contribution in [0.4, 0.5) is 0 Å². The third-order valence-electron chi connectivity index (χ3n) is 4.85. The summed E-state index contributed by atoms with van der Waals surface area (Å²) >= 11 is 0. The Morgan fingerprint density at radius 1 is 0.909 bits per heavy atom. The fourth-order valence-corrected chi connectivity index (χ4v) is 3.10. The molecule has 1 aromatic carbocycles. The monoisotopic (exact) mass is 465 g/mol. The molecule has 8 nitrogen and oxygen atoms in total. The van der Waals surface area contributed by atoms with Crippen molar-refractivity contribution >= 4 is 11.8 Å². The van der Waals surface area contributed by atoms with Gasteiger partial charge in [-0.2, -0.15) is 0 Å². The summed E-state index contributed by atoms with van der Waals surface area (Å²) in [5.41, 5.74) is 6.34. The Balaban J connectivity index is 0.00000497. The molecule has 0 aliphatic heterocycles. The number of carbonyl (C=O) groups is 2. The first-order chi connectivity index (χ1) is 16.1. The topological polar surface area (TPSA) is 129 Å². The van der Waals surface area contributed by atoms with Gasteiger partial charge in [-0.15, -0.1) is 0 Å². The number of hydrogen-bond acceptors (Lipinski definition) is 6. The molecule has 1 rings (SSSR count). The van der Waals surface area contributed by atoms with Gasteiger partial charge in [0.25, 0.3) is 0 Å². The number of unbranched alkanes of at least 4 members (excludes halogenated alkanes) is 1. The average Bonchev–Trinajstić information content (AvgIpc) is 2.82. The molecule has 1 aromatic rings. The molecule has 0 radical (unpaired) electrons. The van der Waals surface area contributed by atoms with Gasteiger partial charge in [0.15, 0.2) is 0 Å². The third-order valence-corrected chi connectivity index (χ3v) is 4.85. The fourth-order valence-electron chi connectivity index (χ4n) is 3.10. The minimum absolute atomic E-state index is 0.124. The van der Waals surface area contributed by atoms with Crippen LogP contribution < -0.4 is 27.0 Å². The van der Waals surface area contributed by atoms with Crippen LogP contribution in [0.3, 0.4) is 0 Å². The smallest absolute Gasteiger partial charge is 0.242 e. The summed E-state index contributed by atoms with van der Waals surface area (Å²) in [7, 11) is 0. The molecule has 0 heterocycles. The zero-order valence-corrected chi connectivity index (χ0v) is 20.9. The second kappa shape index (κ2) is 21.7. The van der Waals surface area contributed by atoms with Crippen molar-refractivity contribution in [2.45, 2.75) is 71.8 Å². The van der Waals surface area contributed by atoms with Gasteiger partial charge < -0.3 is 32.1 Å². The number of amides is 2. The number of nitrogens with one attached hydrogen (secondary N) is 4. The highest BCUT2D eigenvalue weighted by Gasteiger charge is 2.20. The largest absolute Gasteiger partial charge is 0.508 e. The predicted molar refractivity (Wildman–Crippen MR) is 136 cm³/mol. The van der Waals surface area contributed by atoms with Gasteiger partial charge in [-0.1, -0.05) is 32.9 Å². The molecule has 0 saturated carbocycles. The highest BCUT2D eigenvalue weighted by Crippen LogP contribution is 2.11. The lowest BCUT2D eigenvalue weighted by molar-refractivity contribution is -0.129. The van der Waals surface area contributed by atoms with Crippen LogP contribution in [0.2, 0.25) is 0 Å². The standard InChI is InChI=1S/C23H41N5O3.C2H6/c1-2-7-22(30)28-21(18-19-8-10-20(29)11-9-19)23(31)27-17-6-16-26-14-4-3-13-25-15-5-12-24;1-2/h8-11,21,25-26,29H,2-7,12-18,24H2,1H3,(H,27,31)(H,28,30);1-2H3. The molecule has 0 saturated heterocycles. The summed E-state index contributed by atoms with van der Waals surface area (Å²) in [6.07, 6.45) is 5.60. The third kappa shape index (κ3) is 17.0. The number of carbonyl (C=O) groups excluding carboxylic acids is 2. The Hall–Kier alpha value is -2.16. The second-order valence-corrected chi connectivity index (χ2v) is 7.73. The summed E-state index contributed by atoms with van der Waals surface area (Å²) in [5.74, 6) is -0.128. The van der Waals surface area contributed by atoms with Crippen LogP contribution in [0.15, 0.2) is 24.3 Å². The summed E-state index contributed by atoms with van der Waals surface area (Å²) in [5, 5.41) is 21.9. The second-order valence-electron chi connectivity index (χ2n) is 7.73. The highest BCUT2D eigenvalue weighted by molar-refractivity contribution is 5.87. The summed E-state index contributed by atoms with van der Waals surface area (Å²) in [6.45, 7) is 11.0. The zero-order chi connectivity index (χ0) is 24.7. The van der Waals surface area contributed by atoms with E-state index >= 15 is 0 Å². The minimum Gasteiger partial charge on any atom is -0.508 e. The maximum atomic E-state index is 12.6. The van der Waals surface area contributed by atoms with Crippen molar-refractivity contribution in [3.8, 4) is 5.75 Å². The van der Waals surface area contributed by atoms with Gasteiger partial charge in [-0.05, 0) is 82.5 Å². The molecule has 2 amide bonds. The van der Waals surface area contributed by atoms with Crippen LogP contribution >= 0.6 is 0 Å². The van der Waals surface area contributed by atoms with Crippen molar-refractivity contribution in [3.05, 3.63) is 29.8 Å². The number of phenols is 1. The van der Waals surface area contributed by atoms with Crippen molar-refractivity contribution in [2.75, 3.05) is 39.3 Å². The van der Waals surface area contributed by atoms with E-state index in [1.165, 1.54) is 0 Å². The number of phenolic OH excluding ortho intramolecular Hbond substituents is 1. The van der Waals surface area contributed by atoms with Crippen LogP contribution in [0.1, 0.15) is 64.9 Å². The van der Waals surface area contributed by atoms with Gasteiger partial charge in [-0.25, -0.2) is 0 Å². The van der Waals surface area contributed by atoms with Crippen LogP contribution in [0.5, 0.6) is 5.75 Å². The molecule has 7 N–H and O–H groups in total. The van der Waals surface area contributed by atoms with E-state index in [9.17, 15) is 14.7 Å². The fraction of sp³-hybridized carbons (Fsp3) is 0.680. The molecule has 0 bridgehead atoms. The van der Waals surface area contributed by atoms with Crippen LogP contribution in [-0.2, 0) is 16.0 Å². The zero-order valence-electron chi connectivity index (χ0n) is 20.9. The van der Waals surface area contributed by atoms with E-state index in [2.05, 4.69) is 21.3 Å². The molecule has 1 atom stereocenters. The maximum Gasteiger partial charge on any atom is 0.242 e. The molecule has 33 heavy (non-hydrogen) atoms. The lowest BCUT2D eigenvalue weighted by Gasteiger charge is -2.19. The molecular weight excluding hydrogens is 418 g/mol. The van der Waals surface area contributed by atoms with Crippen LogP contribution in [-0.4, -0.2) is 62.2 Å². The number of nitrogens with two attached hydrogens (primary N) is 1. The van der Waals surface area contributed by atoms with Gasteiger partial charge in [-0.3, -0.25) is 9.59 Å². The average molecular weight is 466 g/mol. The van der Waals surface area contributed by atoms with Crippen molar-refractivity contribution in [1.82, 2.24) is 21.3 Å². The van der Waals surface area contributed by atoms with Crippen molar-refractivity contribution in [2.24, 2.45) is 5.73 Å². The van der Waals surface area contributed by atoms with Crippen molar-refractivity contribution < 1.29 is 14.7 Å². The number of aromatic hydroxyl groups is 1. The number of rotatable bonds is 18. The first-order valence-electron chi connectivity index (χ1n) is 12.5. The van der Waals surface area contributed by atoms with Crippen LogP contribution in [0, 0.1) is 0 Å². The Bertz CT molecular complexity index is 611. The maximum absolute atomic E-state index is 12.6. The lowest BCUT2D eigenvalue weighted by Crippen LogP contribution is -2.48. The summed E-state index contributed by atoms with van der Waals surface area (Å²) in [6, 6.07) is 6.07. The van der Waals surface area contributed by atoms with E-state index in [-0.39, 0.29) is 17.6 Å². The Labute approximate surface area is 200 Å². The molecule has 1 unspecified atom stereocenters. The number of benzene rings is 1. The van der Waals surface area contributed by atoms with Crippen molar-refractivity contribution in [3.63, 3.8) is 0 Å². The van der Waals surface area contributed by atoms with E-state index in [1.807, 2.05) is 20.8 Å². The lowest BCUT2D eigenvalue weighted by atomic mass is 10.0. The first kappa shape index (κ1) is 30.8. The van der Waals surface area contributed by atoms with Gasteiger partial charge in [0.1, 0.15) is 11.8 Å². The van der Waals surface area contributed by atoms with Gasteiger partial charge >= 0.3 is 0 Å². The Morgan fingerprint density at radius 3 is 2.06 bits per heavy atom. The number of hydrogen-bond donors (Lipinski definition) is 6. The van der Waals surface area contributed by atoms with E-state index in [4.69, 9.17) is 5.73 Å². The van der Waals surface area contributed by atoms with Gasteiger partial charge in [0, 0.05) is 19.4 Å². The minimum atomic E-state index is -0.622. The Kier molecular flexibility index (Phi) is 20.3. The molecule has 190 valence electrons. The Morgan fingerprint density at radius 2 is 1.48 bits per heavy atom. The SMILES string of the molecule is CC.CCCC(=O)NC(Cc1ccc(O)cc1)C(=O)NCCCNCCCCNCCCN. The first-order valence-corrected chi connectivity index (χ1v) is 12.5. The molecule has 0 aromatic heterocycles. The van der Waals surface area contributed by atoms with E-state index in [1.54, 1.807) is 24.3 Å². The van der Waals surface area contributed by atoms with E-state index in [0.29, 0.717) is 19.4 Å². The van der Waals surface area contributed by atoms with E-state index < -0.39 is 6.04 Å². The van der Waals surface area contributed by atoms with Crippen molar-refractivity contribution in [1.29, 1.82) is 0 Å². The summed E-state index contributed by atoms with van der Waals surface area (Å²) in [4.78, 5) is 24.7. The molecule has 0 aliphatic carbocycles. The molecule has 0 fully saturated rings. The van der Waals surface area contributed by atoms with Crippen LogP contribution in [0.25, 0.3) is 0 Å². The summed E-state index contributed by atoms with van der Waals surface area (Å²) < 4.78 is 0. The van der Waals surface area contributed by atoms with Gasteiger partial charge in [0.05, 0.1) is 0 Å². The molecule has 0 spiro atoms. The highest BCUT2D eigenvalue weighted by atomic mass is 16.3. The quantitative estimate of drug-likeness (QED) is 0.184.